The third kappa shape index (κ3) is 6.01. The minimum absolute atomic E-state index is 0.124. The number of hydrogen-bond acceptors (Lipinski definition) is 3. The molecule has 0 aliphatic heterocycles. The van der Waals surface area contributed by atoms with E-state index in [9.17, 15) is 0 Å². The van der Waals surface area contributed by atoms with Crippen molar-refractivity contribution in [3.63, 3.8) is 0 Å². The van der Waals surface area contributed by atoms with E-state index in [-0.39, 0.29) is 10.8 Å². The molecule has 5 heteroatoms. The third-order valence-corrected chi connectivity index (χ3v) is 15.9. The van der Waals surface area contributed by atoms with Crippen molar-refractivity contribution < 1.29 is 0 Å². The lowest BCUT2D eigenvalue weighted by Gasteiger charge is -2.29. The van der Waals surface area contributed by atoms with Gasteiger partial charge in [-0.1, -0.05) is 163 Å². The minimum atomic E-state index is -0.129. The van der Waals surface area contributed by atoms with Gasteiger partial charge in [0.2, 0.25) is 0 Å². The number of para-hydroxylation sites is 4. The van der Waals surface area contributed by atoms with Crippen LogP contribution in [0.5, 0.6) is 0 Å². The summed E-state index contributed by atoms with van der Waals surface area (Å²) < 4.78 is 5.11. The lowest BCUT2D eigenvalue weighted by Crippen LogP contribution is -2.15. The molecule has 0 bridgehead atoms. The van der Waals surface area contributed by atoms with E-state index < -0.39 is 0 Å². The van der Waals surface area contributed by atoms with Crippen LogP contribution in [0.3, 0.4) is 0 Å². The predicted octanol–water partition coefficient (Wildman–Crippen LogP) is 19.2. The lowest BCUT2D eigenvalue weighted by atomic mass is 9.85. The molecule has 5 nitrogen and oxygen atoms in total. The van der Waals surface area contributed by atoms with E-state index in [0.717, 1.165) is 61.7 Å². The van der Waals surface area contributed by atoms with Crippen LogP contribution >= 0.6 is 0 Å². The summed E-state index contributed by atoms with van der Waals surface area (Å²) in [6.07, 6.45) is 0. The molecule has 0 atom stereocenters. The second-order valence-corrected chi connectivity index (χ2v) is 22.4. The Kier molecular flexibility index (Phi) is 8.83. The van der Waals surface area contributed by atoms with Gasteiger partial charge in [0.05, 0.1) is 44.5 Å². The molecule has 0 aliphatic carbocycles. The molecule has 354 valence electrons. The zero-order valence-electron chi connectivity index (χ0n) is 42.4. The summed E-state index contributed by atoms with van der Waals surface area (Å²) in [5.74, 6) is 0. The fourth-order valence-electron chi connectivity index (χ4n) is 12.4. The van der Waals surface area contributed by atoms with Gasteiger partial charge < -0.3 is 14.2 Å². The average Bonchev–Trinajstić information content (AvgIpc) is 4.26. The number of hydrogen-bond donors (Lipinski definition) is 0. The zero-order chi connectivity index (χ0) is 49.8. The Labute approximate surface area is 429 Å². The highest BCUT2D eigenvalue weighted by atomic mass is 15.2. The van der Waals surface area contributed by atoms with Crippen LogP contribution < -0.4 is 9.80 Å². The van der Waals surface area contributed by atoms with Gasteiger partial charge in [0, 0.05) is 60.5 Å². The molecule has 5 heterocycles. The maximum atomic E-state index is 6.14. The Bertz CT molecular complexity index is 4630. The largest absolute Gasteiger partial charge is 0.308 e. The first-order chi connectivity index (χ1) is 36.0. The summed E-state index contributed by atoms with van der Waals surface area (Å²) in [7, 11) is 0. The van der Waals surface area contributed by atoms with Gasteiger partial charge in [-0.15, -0.1) is 0 Å². The summed E-state index contributed by atoms with van der Waals surface area (Å²) in [5, 5.41) is 13.4. The van der Waals surface area contributed by atoms with E-state index in [1.165, 1.54) is 81.5 Å². The predicted molar refractivity (Wildman–Crippen MR) is 315 cm³/mol. The molecule has 74 heavy (non-hydrogen) atoms. The monoisotopic (exact) mass is 951 g/mol. The van der Waals surface area contributed by atoms with E-state index >= 15 is 0 Å². The maximum Gasteiger partial charge on any atom is 0.146 e. The fourth-order valence-corrected chi connectivity index (χ4v) is 12.4. The molecule has 0 amide bonds. The van der Waals surface area contributed by atoms with Crippen molar-refractivity contribution in [2.24, 2.45) is 0 Å². The second-order valence-electron chi connectivity index (χ2n) is 22.4. The summed E-state index contributed by atoms with van der Waals surface area (Å²) in [4.78, 5) is 11.0. The van der Waals surface area contributed by atoms with Crippen LogP contribution in [0, 0.1) is 0 Å². The van der Waals surface area contributed by atoms with Gasteiger partial charge >= 0.3 is 0 Å². The van der Waals surface area contributed by atoms with Crippen LogP contribution in [0.25, 0.3) is 98.0 Å². The van der Waals surface area contributed by atoms with Crippen molar-refractivity contribution >= 4 is 132 Å². The smallest absolute Gasteiger partial charge is 0.146 e. The first-order valence-corrected chi connectivity index (χ1v) is 26.0. The Balaban J connectivity index is 1.18. The first-order valence-electron chi connectivity index (χ1n) is 26.0. The van der Waals surface area contributed by atoms with Crippen molar-refractivity contribution in [3.05, 3.63) is 223 Å². The minimum Gasteiger partial charge on any atom is -0.308 e. The van der Waals surface area contributed by atoms with Gasteiger partial charge in [0.1, 0.15) is 5.65 Å². The molecule has 0 fully saturated rings. The van der Waals surface area contributed by atoms with Gasteiger partial charge in [-0.2, -0.15) is 0 Å². The summed E-state index contributed by atoms with van der Waals surface area (Å²) in [5.41, 5.74) is 16.8. The Morgan fingerprint density at radius 3 is 1.31 bits per heavy atom. The number of fused-ring (bicyclic) bond motifs is 16. The first kappa shape index (κ1) is 42.7. The molecule has 0 unspecified atom stereocenters. The summed E-state index contributed by atoms with van der Waals surface area (Å²) in [6, 6.07) is 78.5. The molecule has 0 saturated heterocycles. The van der Waals surface area contributed by atoms with Crippen molar-refractivity contribution in [3.8, 4) is 0 Å². The molecule has 0 aliphatic rings. The van der Waals surface area contributed by atoms with Crippen molar-refractivity contribution in [2.45, 2.75) is 52.4 Å². The van der Waals surface area contributed by atoms with Gasteiger partial charge in [-0.3, -0.25) is 4.40 Å². The maximum absolute atomic E-state index is 6.14. The molecule has 15 rings (SSSR count). The normalized spacial score (nSPS) is 12.7. The highest BCUT2D eigenvalue weighted by Gasteiger charge is 2.32. The number of pyridine rings is 1. The van der Waals surface area contributed by atoms with Crippen molar-refractivity contribution in [1.29, 1.82) is 0 Å². The Morgan fingerprint density at radius 1 is 0.338 bits per heavy atom. The van der Waals surface area contributed by atoms with Crippen LogP contribution in [-0.2, 0) is 10.8 Å². The lowest BCUT2D eigenvalue weighted by molar-refractivity contribution is 0.591. The molecule has 10 aromatic carbocycles. The molecule has 15 aromatic rings. The molecule has 0 N–H and O–H groups in total. The van der Waals surface area contributed by atoms with Crippen LogP contribution in [0.4, 0.5) is 34.1 Å². The van der Waals surface area contributed by atoms with Gasteiger partial charge in [0.25, 0.3) is 0 Å². The third-order valence-electron chi connectivity index (χ3n) is 15.9. The standard InChI is InChI=1S/C69H53N5/c1-68(2,3)44-37-54-55-41-57-62(70-67(55)74-63(54)56(39-44)60-50-33-21-20-24-43(50)36-58(66(60)74)71(46-25-11-7-12-26-46)47-27-13-8-14-28-47)61-51-34-22-19-23-42(51)35-52-53-38-45(69(4,5)6)40-59(64(53)73(57)65(52)61)72(48-29-15-9-16-30-48)49-31-17-10-18-32-49/h7-41H,1-6H3. The number of aromatic nitrogens is 3. The van der Waals surface area contributed by atoms with E-state index in [1.54, 1.807) is 0 Å². The quantitative estimate of drug-likeness (QED) is 0.166. The van der Waals surface area contributed by atoms with Crippen molar-refractivity contribution in [2.75, 3.05) is 9.80 Å². The average molecular weight is 952 g/mol. The number of nitrogens with zero attached hydrogens (tertiary/aromatic N) is 5. The fraction of sp³-hybridized carbons (Fsp3) is 0.116. The molecule has 0 saturated carbocycles. The van der Waals surface area contributed by atoms with E-state index in [2.05, 4.69) is 272 Å². The molecule has 0 radical (unpaired) electrons. The molecule has 0 spiro atoms. The van der Waals surface area contributed by atoms with Crippen LogP contribution in [-0.4, -0.2) is 13.8 Å². The number of benzene rings is 10. The molecular formula is C69H53N5. The van der Waals surface area contributed by atoms with E-state index in [0.29, 0.717) is 0 Å². The van der Waals surface area contributed by atoms with E-state index in [1.807, 2.05) is 0 Å². The van der Waals surface area contributed by atoms with Crippen LogP contribution in [0.2, 0.25) is 0 Å². The highest BCUT2D eigenvalue weighted by molar-refractivity contribution is 6.35. The summed E-state index contributed by atoms with van der Waals surface area (Å²) in [6.45, 7) is 14.0. The van der Waals surface area contributed by atoms with Gasteiger partial charge in [0.15, 0.2) is 0 Å². The zero-order valence-corrected chi connectivity index (χ0v) is 42.4. The Hall–Kier alpha value is -8.93. The Morgan fingerprint density at radius 2 is 0.770 bits per heavy atom. The van der Waals surface area contributed by atoms with Crippen LogP contribution in [0.15, 0.2) is 212 Å². The number of rotatable bonds is 6. The molecular weight excluding hydrogens is 899 g/mol. The highest BCUT2D eigenvalue weighted by Crippen LogP contribution is 2.53. The van der Waals surface area contributed by atoms with Crippen molar-refractivity contribution in [1.82, 2.24) is 13.8 Å². The van der Waals surface area contributed by atoms with Gasteiger partial charge in [-0.25, -0.2) is 4.98 Å². The van der Waals surface area contributed by atoms with E-state index in [4.69, 9.17) is 4.98 Å². The van der Waals surface area contributed by atoms with Crippen LogP contribution in [0.1, 0.15) is 52.7 Å². The van der Waals surface area contributed by atoms with Gasteiger partial charge in [-0.05, 0) is 134 Å². The molecule has 5 aromatic heterocycles. The second kappa shape index (κ2) is 15.3. The topological polar surface area (TPSA) is 28.2 Å². The SMILES string of the molecule is CC(C)(C)c1cc(N(c2ccccc2)c2ccccc2)c2c(c1)c1cc3ccccc3c3c4nc5c(cc4n2c13)c1cc(C(C)(C)C)cc2c3c4ccccc4cc(N(c4ccccc4)c4ccccc4)c3n5c12. The summed E-state index contributed by atoms with van der Waals surface area (Å²) >= 11 is 0. The number of anilines is 6.